The molecular formula is C15H20F2N2O3S. The van der Waals surface area contributed by atoms with E-state index in [1.165, 1.54) is 6.92 Å². The number of carbonyl (C=O) groups is 1. The normalized spacial score (nSPS) is 20.3. The van der Waals surface area contributed by atoms with Crippen LogP contribution in [0.15, 0.2) is 23.1 Å². The van der Waals surface area contributed by atoms with Crippen LogP contribution >= 0.6 is 0 Å². The van der Waals surface area contributed by atoms with Gasteiger partial charge in [0, 0.05) is 18.7 Å². The molecule has 1 fully saturated rings. The number of halogens is 2. The van der Waals surface area contributed by atoms with E-state index in [0.717, 1.165) is 31.4 Å². The van der Waals surface area contributed by atoms with Crippen molar-refractivity contribution in [3.63, 3.8) is 0 Å². The van der Waals surface area contributed by atoms with Crippen molar-refractivity contribution in [1.29, 1.82) is 0 Å². The van der Waals surface area contributed by atoms with E-state index in [1.54, 1.807) is 4.90 Å². The van der Waals surface area contributed by atoms with Crippen LogP contribution in [0.1, 0.15) is 33.1 Å². The van der Waals surface area contributed by atoms with E-state index in [2.05, 4.69) is 4.72 Å². The molecule has 0 aliphatic carbocycles. The Hall–Kier alpha value is -1.54. The van der Waals surface area contributed by atoms with Gasteiger partial charge in [0.1, 0.15) is 16.5 Å². The summed E-state index contributed by atoms with van der Waals surface area (Å²) in [6.07, 6.45) is 2.78. The fourth-order valence-corrected chi connectivity index (χ4v) is 3.97. The van der Waals surface area contributed by atoms with Gasteiger partial charge >= 0.3 is 0 Å². The second kappa shape index (κ2) is 6.92. The highest BCUT2D eigenvalue weighted by molar-refractivity contribution is 7.89. The molecule has 2 rings (SSSR count). The smallest absolute Gasteiger partial charge is 0.244 e. The molecular weight excluding hydrogens is 326 g/mol. The van der Waals surface area contributed by atoms with Gasteiger partial charge in [-0.25, -0.2) is 17.2 Å². The van der Waals surface area contributed by atoms with Gasteiger partial charge in [-0.3, -0.25) is 4.79 Å². The fraction of sp³-hybridized carbons (Fsp3) is 0.533. The van der Waals surface area contributed by atoms with Crippen molar-refractivity contribution in [2.24, 2.45) is 0 Å². The van der Waals surface area contributed by atoms with E-state index in [9.17, 15) is 22.0 Å². The summed E-state index contributed by atoms with van der Waals surface area (Å²) in [4.78, 5) is 13.4. The van der Waals surface area contributed by atoms with E-state index < -0.39 is 32.6 Å². The minimum absolute atomic E-state index is 0.0470. The summed E-state index contributed by atoms with van der Waals surface area (Å²) < 4.78 is 53.1. The van der Waals surface area contributed by atoms with Crippen LogP contribution in [-0.2, 0) is 14.8 Å². The zero-order valence-corrected chi connectivity index (χ0v) is 13.9. The highest BCUT2D eigenvalue weighted by Gasteiger charge is 2.30. The highest BCUT2D eigenvalue weighted by atomic mass is 32.2. The number of nitrogens with one attached hydrogen (secondary N) is 1. The second-order valence-electron chi connectivity index (χ2n) is 5.79. The van der Waals surface area contributed by atoms with Crippen molar-refractivity contribution < 1.29 is 22.0 Å². The minimum atomic E-state index is -4.25. The van der Waals surface area contributed by atoms with Gasteiger partial charge in [0.2, 0.25) is 15.9 Å². The second-order valence-corrected chi connectivity index (χ2v) is 7.48. The van der Waals surface area contributed by atoms with E-state index in [4.69, 9.17) is 0 Å². The number of amides is 1. The van der Waals surface area contributed by atoms with Gasteiger partial charge in [-0.1, -0.05) is 0 Å². The van der Waals surface area contributed by atoms with Gasteiger partial charge in [-0.15, -0.1) is 0 Å². The minimum Gasteiger partial charge on any atom is -0.339 e. The van der Waals surface area contributed by atoms with Gasteiger partial charge in [0.05, 0.1) is 6.04 Å². The van der Waals surface area contributed by atoms with E-state index >= 15 is 0 Å². The Morgan fingerprint density at radius 1 is 1.35 bits per heavy atom. The number of carbonyl (C=O) groups excluding carboxylic acids is 1. The molecule has 1 saturated heterocycles. The van der Waals surface area contributed by atoms with Crippen molar-refractivity contribution in [2.45, 2.75) is 50.1 Å². The third-order valence-corrected chi connectivity index (χ3v) is 5.55. The number of rotatable bonds is 4. The Labute approximate surface area is 134 Å². The lowest BCUT2D eigenvalue weighted by molar-refractivity contribution is -0.135. The first-order chi connectivity index (χ1) is 10.7. The van der Waals surface area contributed by atoms with Crippen molar-refractivity contribution in [3.8, 4) is 0 Å². The molecule has 1 amide bonds. The van der Waals surface area contributed by atoms with E-state index in [-0.39, 0.29) is 11.9 Å². The molecule has 2 atom stereocenters. The van der Waals surface area contributed by atoms with Crippen molar-refractivity contribution in [1.82, 2.24) is 9.62 Å². The van der Waals surface area contributed by atoms with Gasteiger partial charge in [-0.2, -0.15) is 4.72 Å². The SMILES string of the molecule is C[C@@H]1CCCCN1C(=O)[C@@H](C)NS(=O)(=O)c1ccc(F)cc1F. The molecule has 1 aliphatic rings. The molecule has 8 heteroatoms. The largest absolute Gasteiger partial charge is 0.339 e. The summed E-state index contributed by atoms with van der Waals surface area (Å²) in [7, 11) is -4.25. The van der Waals surface area contributed by atoms with E-state index in [1.807, 2.05) is 6.92 Å². The molecule has 1 aromatic rings. The summed E-state index contributed by atoms with van der Waals surface area (Å²) in [6, 6.07) is 1.22. The quantitative estimate of drug-likeness (QED) is 0.907. The summed E-state index contributed by atoms with van der Waals surface area (Å²) in [5, 5.41) is 0. The molecule has 0 saturated carbocycles. The molecule has 0 radical (unpaired) electrons. The predicted molar refractivity (Wildman–Crippen MR) is 81.2 cm³/mol. The first-order valence-electron chi connectivity index (χ1n) is 7.50. The predicted octanol–water partition coefficient (Wildman–Crippen LogP) is 2.03. The summed E-state index contributed by atoms with van der Waals surface area (Å²) >= 11 is 0. The van der Waals surface area contributed by atoms with Gasteiger partial charge in [-0.05, 0) is 45.2 Å². The molecule has 0 spiro atoms. The molecule has 128 valence electrons. The lowest BCUT2D eigenvalue weighted by atomic mass is 10.0. The monoisotopic (exact) mass is 346 g/mol. The third kappa shape index (κ3) is 4.06. The Morgan fingerprint density at radius 2 is 2.04 bits per heavy atom. The maximum atomic E-state index is 13.7. The highest BCUT2D eigenvalue weighted by Crippen LogP contribution is 2.19. The number of nitrogens with zero attached hydrogens (tertiary/aromatic N) is 1. The first-order valence-corrected chi connectivity index (χ1v) is 8.98. The maximum absolute atomic E-state index is 13.7. The van der Waals surface area contributed by atoms with Crippen molar-refractivity contribution >= 4 is 15.9 Å². The van der Waals surface area contributed by atoms with Crippen LogP contribution in [0.4, 0.5) is 8.78 Å². The topological polar surface area (TPSA) is 66.5 Å². The Balaban J connectivity index is 2.14. The lowest BCUT2D eigenvalue weighted by Crippen LogP contribution is -2.51. The molecule has 5 nitrogen and oxygen atoms in total. The Morgan fingerprint density at radius 3 is 2.65 bits per heavy atom. The Bertz CT molecular complexity index is 694. The zero-order chi connectivity index (χ0) is 17.2. The summed E-state index contributed by atoms with van der Waals surface area (Å²) in [5.74, 6) is -2.40. The Kier molecular flexibility index (Phi) is 5.36. The van der Waals surface area contributed by atoms with Crippen molar-refractivity contribution in [2.75, 3.05) is 6.54 Å². The average Bonchev–Trinajstić information content (AvgIpc) is 2.46. The fourth-order valence-electron chi connectivity index (χ4n) is 2.71. The standard InChI is InChI=1S/C15H20F2N2O3S/c1-10-5-3-4-8-19(10)15(20)11(2)18-23(21,22)14-7-6-12(16)9-13(14)17/h6-7,9-11,18H,3-5,8H2,1-2H3/t10-,11-/m1/s1. The number of sulfonamides is 1. The lowest BCUT2D eigenvalue weighted by Gasteiger charge is -2.35. The molecule has 0 bridgehead atoms. The summed E-state index contributed by atoms with van der Waals surface area (Å²) in [6.45, 7) is 3.91. The van der Waals surface area contributed by atoms with Crippen molar-refractivity contribution in [3.05, 3.63) is 29.8 Å². The van der Waals surface area contributed by atoms with Gasteiger partial charge in [0.15, 0.2) is 0 Å². The van der Waals surface area contributed by atoms with Crippen LogP contribution in [0.5, 0.6) is 0 Å². The van der Waals surface area contributed by atoms with Gasteiger partial charge in [0.25, 0.3) is 0 Å². The molecule has 1 heterocycles. The molecule has 1 N–H and O–H groups in total. The van der Waals surface area contributed by atoms with Gasteiger partial charge < -0.3 is 4.90 Å². The number of piperidine rings is 1. The average molecular weight is 346 g/mol. The molecule has 0 unspecified atom stereocenters. The first kappa shape index (κ1) is 17.8. The third-order valence-electron chi connectivity index (χ3n) is 3.97. The van der Waals surface area contributed by atoms with Crippen LogP contribution in [0, 0.1) is 11.6 Å². The molecule has 23 heavy (non-hydrogen) atoms. The molecule has 1 aromatic carbocycles. The molecule has 0 aromatic heterocycles. The van der Waals surface area contributed by atoms with E-state index in [0.29, 0.717) is 12.6 Å². The van der Waals surface area contributed by atoms with Crippen LogP contribution in [0.2, 0.25) is 0 Å². The number of hydrogen-bond acceptors (Lipinski definition) is 3. The summed E-state index contributed by atoms with van der Waals surface area (Å²) in [5.41, 5.74) is 0. The van der Waals surface area contributed by atoms with Crippen LogP contribution in [0.25, 0.3) is 0 Å². The zero-order valence-electron chi connectivity index (χ0n) is 13.1. The van der Waals surface area contributed by atoms with Crippen LogP contribution in [0.3, 0.4) is 0 Å². The maximum Gasteiger partial charge on any atom is 0.244 e. The number of likely N-dealkylation sites (tertiary alicyclic amines) is 1. The number of hydrogen-bond donors (Lipinski definition) is 1. The number of benzene rings is 1. The van der Waals surface area contributed by atoms with Crippen LogP contribution < -0.4 is 4.72 Å². The molecule has 1 aliphatic heterocycles. The van der Waals surface area contributed by atoms with Crippen LogP contribution in [-0.4, -0.2) is 37.9 Å².